The number of pyridine rings is 1. The second-order valence-corrected chi connectivity index (χ2v) is 5.28. The Kier molecular flexibility index (Phi) is 4.35. The summed E-state index contributed by atoms with van der Waals surface area (Å²) < 4.78 is 13.5. The highest BCUT2D eigenvalue weighted by molar-refractivity contribution is 5.78. The van der Waals surface area contributed by atoms with Gasteiger partial charge in [0, 0.05) is 31.2 Å². The van der Waals surface area contributed by atoms with Crippen LogP contribution in [0.15, 0.2) is 18.5 Å². The number of likely N-dealkylation sites (tertiary alicyclic amines) is 1. The molecule has 0 unspecified atom stereocenters. The van der Waals surface area contributed by atoms with Gasteiger partial charge in [-0.2, -0.15) is 0 Å². The predicted molar refractivity (Wildman–Crippen MR) is 72.3 cm³/mol. The van der Waals surface area contributed by atoms with E-state index in [0.29, 0.717) is 12.2 Å². The van der Waals surface area contributed by atoms with E-state index in [2.05, 4.69) is 10.3 Å². The Hall–Kier alpha value is -1.65. The minimum absolute atomic E-state index is 0.0106. The Balaban J connectivity index is 1.98. The Bertz CT molecular complexity index is 450. The van der Waals surface area contributed by atoms with E-state index >= 15 is 0 Å². The fraction of sp³-hybridized carbons (Fsp3) is 0.571. The smallest absolute Gasteiger partial charge is 0.225 e. The molecule has 0 aromatic carbocycles. The molecule has 0 aliphatic carbocycles. The minimum atomic E-state index is -0.352. The number of piperidine rings is 1. The van der Waals surface area contributed by atoms with Gasteiger partial charge >= 0.3 is 0 Å². The maximum atomic E-state index is 13.5. The molecule has 4 nitrogen and oxygen atoms in total. The average Bonchev–Trinajstić information content (AvgIpc) is 2.41. The number of nitrogens with zero attached hydrogens (tertiary/aromatic N) is 2. The summed E-state index contributed by atoms with van der Waals surface area (Å²) in [6.45, 7) is 5.25. The first-order chi connectivity index (χ1) is 9.08. The van der Waals surface area contributed by atoms with Crippen LogP contribution in [0, 0.1) is 11.7 Å². The predicted octanol–water partition coefficient (Wildman–Crippen LogP) is 2.28. The van der Waals surface area contributed by atoms with Crippen LogP contribution in [-0.2, 0) is 4.79 Å². The van der Waals surface area contributed by atoms with E-state index in [9.17, 15) is 9.18 Å². The van der Waals surface area contributed by atoms with Crippen molar-refractivity contribution in [1.82, 2.24) is 9.88 Å². The van der Waals surface area contributed by atoms with Gasteiger partial charge in [0.2, 0.25) is 5.91 Å². The van der Waals surface area contributed by atoms with E-state index in [1.165, 1.54) is 6.20 Å². The monoisotopic (exact) mass is 265 g/mol. The maximum absolute atomic E-state index is 13.5. The Morgan fingerprint density at radius 1 is 1.58 bits per heavy atom. The topological polar surface area (TPSA) is 45.2 Å². The van der Waals surface area contributed by atoms with Crippen molar-refractivity contribution in [3.8, 4) is 0 Å². The number of carbonyl (C=O) groups is 1. The van der Waals surface area contributed by atoms with E-state index in [4.69, 9.17) is 0 Å². The number of amides is 1. The number of hydrogen-bond acceptors (Lipinski definition) is 3. The van der Waals surface area contributed by atoms with Crippen LogP contribution in [0.5, 0.6) is 0 Å². The normalized spacial score (nSPS) is 19.6. The van der Waals surface area contributed by atoms with Crippen molar-refractivity contribution in [2.45, 2.75) is 32.7 Å². The van der Waals surface area contributed by atoms with Gasteiger partial charge in [-0.3, -0.25) is 9.78 Å². The Labute approximate surface area is 113 Å². The largest absolute Gasteiger partial charge is 0.378 e. The van der Waals surface area contributed by atoms with Gasteiger partial charge in [-0.05, 0) is 18.9 Å². The highest BCUT2D eigenvalue weighted by Gasteiger charge is 2.25. The summed E-state index contributed by atoms with van der Waals surface area (Å²) in [7, 11) is 0. The summed E-state index contributed by atoms with van der Waals surface area (Å²) in [5.74, 6) is -0.173. The SMILES string of the molecule is CC(C)C(=O)N1CCC[C@H](Nc2ccncc2F)C1. The second-order valence-electron chi connectivity index (χ2n) is 5.28. The summed E-state index contributed by atoms with van der Waals surface area (Å²) in [6, 6.07) is 1.73. The Morgan fingerprint density at radius 3 is 3.05 bits per heavy atom. The molecule has 1 aromatic rings. The molecule has 0 saturated carbocycles. The van der Waals surface area contributed by atoms with E-state index in [0.717, 1.165) is 19.4 Å². The standard InChI is InChI=1S/C14H20FN3O/c1-10(2)14(19)18-7-3-4-11(9-18)17-13-5-6-16-8-12(13)15/h5-6,8,10-11H,3-4,7,9H2,1-2H3,(H,16,17)/t11-/m0/s1. The van der Waals surface area contributed by atoms with Gasteiger partial charge in [0.25, 0.3) is 0 Å². The molecule has 0 bridgehead atoms. The molecule has 1 aliphatic rings. The molecule has 104 valence electrons. The molecule has 2 heterocycles. The number of aromatic nitrogens is 1. The zero-order valence-electron chi connectivity index (χ0n) is 11.4. The molecule has 1 aromatic heterocycles. The quantitative estimate of drug-likeness (QED) is 0.912. The zero-order chi connectivity index (χ0) is 13.8. The summed E-state index contributed by atoms with van der Waals surface area (Å²) in [4.78, 5) is 17.6. The lowest BCUT2D eigenvalue weighted by atomic mass is 10.0. The van der Waals surface area contributed by atoms with Crippen molar-refractivity contribution in [2.75, 3.05) is 18.4 Å². The third-order valence-corrected chi connectivity index (χ3v) is 3.36. The lowest BCUT2D eigenvalue weighted by Gasteiger charge is -2.34. The number of carbonyl (C=O) groups excluding carboxylic acids is 1. The first-order valence-electron chi connectivity index (χ1n) is 6.72. The molecule has 0 radical (unpaired) electrons. The molecule has 1 fully saturated rings. The van der Waals surface area contributed by atoms with E-state index in [-0.39, 0.29) is 23.7 Å². The first kappa shape index (κ1) is 13.8. The molecule has 0 spiro atoms. The van der Waals surface area contributed by atoms with E-state index in [1.54, 1.807) is 12.3 Å². The first-order valence-corrected chi connectivity index (χ1v) is 6.72. The summed E-state index contributed by atoms with van der Waals surface area (Å²) in [6.07, 6.45) is 4.65. The van der Waals surface area contributed by atoms with Crippen molar-refractivity contribution in [1.29, 1.82) is 0 Å². The molecule has 1 atom stereocenters. The number of hydrogen-bond donors (Lipinski definition) is 1. The van der Waals surface area contributed by atoms with Crippen LogP contribution >= 0.6 is 0 Å². The van der Waals surface area contributed by atoms with Crippen LogP contribution in [-0.4, -0.2) is 34.9 Å². The van der Waals surface area contributed by atoms with E-state index in [1.807, 2.05) is 18.7 Å². The van der Waals surface area contributed by atoms with Crippen LogP contribution in [0.4, 0.5) is 10.1 Å². The molecular formula is C14H20FN3O. The molecule has 1 N–H and O–H groups in total. The number of rotatable bonds is 3. The fourth-order valence-electron chi connectivity index (χ4n) is 2.37. The molecule has 19 heavy (non-hydrogen) atoms. The summed E-state index contributed by atoms with van der Waals surface area (Å²) in [5, 5.41) is 3.16. The van der Waals surface area contributed by atoms with Crippen molar-refractivity contribution in [2.24, 2.45) is 5.92 Å². The van der Waals surface area contributed by atoms with E-state index < -0.39 is 0 Å². The van der Waals surface area contributed by atoms with Crippen molar-refractivity contribution in [3.05, 3.63) is 24.3 Å². The number of halogens is 1. The molecule has 1 saturated heterocycles. The van der Waals surface area contributed by atoms with Gasteiger partial charge in [0.1, 0.15) is 0 Å². The summed E-state index contributed by atoms with van der Waals surface area (Å²) >= 11 is 0. The van der Waals surface area contributed by atoms with Gasteiger partial charge in [-0.1, -0.05) is 13.8 Å². The van der Waals surface area contributed by atoms with Crippen molar-refractivity contribution < 1.29 is 9.18 Å². The van der Waals surface area contributed by atoms with Crippen molar-refractivity contribution >= 4 is 11.6 Å². The molecule has 2 rings (SSSR count). The van der Waals surface area contributed by atoms with Crippen LogP contribution in [0.3, 0.4) is 0 Å². The van der Waals surface area contributed by atoms with Gasteiger partial charge in [0.15, 0.2) is 5.82 Å². The lowest BCUT2D eigenvalue weighted by molar-refractivity contribution is -0.135. The van der Waals surface area contributed by atoms with Gasteiger partial charge in [-0.15, -0.1) is 0 Å². The van der Waals surface area contributed by atoms with Gasteiger partial charge in [-0.25, -0.2) is 4.39 Å². The van der Waals surface area contributed by atoms with Gasteiger partial charge in [0.05, 0.1) is 11.9 Å². The molecule has 1 aliphatic heterocycles. The average molecular weight is 265 g/mol. The summed E-state index contributed by atoms with van der Waals surface area (Å²) in [5.41, 5.74) is 0.457. The van der Waals surface area contributed by atoms with Crippen LogP contribution in [0.1, 0.15) is 26.7 Å². The lowest BCUT2D eigenvalue weighted by Crippen LogP contribution is -2.46. The Morgan fingerprint density at radius 2 is 2.37 bits per heavy atom. The number of nitrogens with one attached hydrogen (secondary N) is 1. The van der Waals surface area contributed by atoms with Gasteiger partial charge < -0.3 is 10.2 Å². The second kappa shape index (κ2) is 5.99. The van der Waals surface area contributed by atoms with Crippen LogP contribution < -0.4 is 5.32 Å². The third-order valence-electron chi connectivity index (χ3n) is 3.36. The third kappa shape index (κ3) is 3.43. The molecule has 5 heteroatoms. The molecule has 1 amide bonds. The number of anilines is 1. The fourth-order valence-corrected chi connectivity index (χ4v) is 2.37. The van der Waals surface area contributed by atoms with Crippen molar-refractivity contribution in [3.63, 3.8) is 0 Å². The minimum Gasteiger partial charge on any atom is -0.378 e. The zero-order valence-corrected chi connectivity index (χ0v) is 11.4. The maximum Gasteiger partial charge on any atom is 0.225 e. The van der Waals surface area contributed by atoms with Crippen LogP contribution in [0.2, 0.25) is 0 Å². The highest BCUT2D eigenvalue weighted by atomic mass is 19.1. The van der Waals surface area contributed by atoms with Crippen LogP contribution in [0.25, 0.3) is 0 Å². The highest BCUT2D eigenvalue weighted by Crippen LogP contribution is 2.19. The molecular weight excluding hydrogens is 245 g/mol.